The van der Waals surface area contributed by atoms with E-state index in [0.29, 0.717) is 25.5 Å². The van der Waals surface area contributed by atoms with Gasteiger partial charge in [-0.15, -0.1) is 0 Å². The molecule has 2 N–H and O–H groups in total. The molecule has 2 rings (SSSR count). The van der Waals surface area contributed by atoms with E-state index in [1.165, 1.54) is 20.3 Å². The molecule has 124 valence electrons. The third-order valence-corrected chi connectivity index (χ3v) is 4.88. The van der Waals surface area contributed by atoms with Crippen molar-refractivity contribution in [2.24, 2.45) is 5.92 Å². The van der Waals surface area contributed by atoms with E-state index in [0.717, 1.165) is 13.1 Å². The molecule has 0 unspecified atom stereocenters. The molecule has 7 nitrogen and oxygen atoms in total. The molecule has 1 fully saturated rings. The Morgan fingerprint density at radius 3 is 2.91 bits per heavy atom. The van der Waals surface area contributed by atoms with Crippen molar-refractivity contribution in [1.82, 2.24) is 10.0 Å². The summed E-state index contributed by atoms with van der Waals surface area (Å²) < 4.78 is 43.2. The molecule has 1 aromatic rings. The SMILES string of the molecule is COc1ccc(OC)c(S(=O)(=O)NC[C@H]2CNCCOC2)c1. The van der Waals surface area contributed by atoms with Gasteiger partial charge in [-0.3, -0.25) is 0 Å². The molecule has 0 saturated carbocycles. The first-order valence-electron chi connectivity index (χ1n) is 7.07. The predicted octanol–water partition coefficient (Wildman–Crippen LogP) is 0.218. The number of hydrogen-bond donors (Lipinski definition) is 2. The lowest BCUT2D eigenvalue weighted by molar-refractivity contribution is 0.124. The van der Waals surface area contributed by atoms with Crippen LogP contribution in [-0.2, 0) is 14.8 Å². The predicted molar refractivity (Wildman–Crippen MR) is 81.9 cm³/mol. The van der Waals surface area contributed by atoms with Gasteiger partial charge >= 0.3 is 0 Å². The summed E-state index contributed by atoms with van der Waals surface area (Å²) in [6.07, 6.45) is 0. The van der Waals surface area contributed by atoms with Crippen LogP contribution in [0.5, 0.6) is 11.5 Å². The molecule has 0 amide bonds. The van der Waals surface area contributed by atoms with Crippen LogP contribution in [0, 0.1) is 5.92 Å². The first kappa shape index (κ1) is 17.0. The second kappa shape index (κ2) is 7.77. The molecule has 1 saturated heterocycles. The van der Waals surface area contributed by atoms with Crippen molar-refractivity contribution in [1.29, 1.82) is 0 Å². The molecule has 0 aliphatic carbocycles. The van der Waals surface area contributed by atoms with Gasteiger partial charge in [0.2, 0.25) is 10.0 Å². The molecule has 1 heterocycles. The minimum Gasteiger partial charge on any atom is -0.497 e. The zero-order chi connectivity index (χ0) is 16.0. The maximum atomic E-state index is 12.5. The number of ether oxygens (including phenoxy) is 3. The first-order valence-corrected chi connectivity index (χ1v) is 8.55. The highest BCUT2D eigenvalue weighted by atomic mass is 32.2. The highest BCUT2D eigenvalue weighted by Gasteiger charge is 2.22. The van der Waals surface area contributed by atoms with Gasteiger partial charge in [0.05, 0.1) is 27.4 Å². The monoisotopic (exact) mass is 330 g/mol. The minimum atomic E-state index is -3.69. The molecule has 1 aromatic carbocycles. The minimum absolute atomic E-state index is 0.0665. The van der Waals surface area contributed by atoms with Crippen molar-refractivity contribution < 1.29 is 22.6 Å². The lowest BCUT2D eigenvalue weighted by Crippen LogP contribution is -2.35. The van der Waals surface area contributed by atoms with Crippen LogP contribution in [0.3, 0.4) is 0 Å². The third kappa shape index (κ3) is 4.33. The van der Waals surface area contributed by atoms with Gasteiger partial charge in [-0.25, -0.2) is 13.1 Å². The van der Waals surface area contributed by atoms with Gasteiger partial charge in [0.15, 0.2) is 0 Å². The lowest BCUT2D eigenvalue weighted by atomic mass is 10.2. The van der Waals surface area contributed by atoms with E-state index in [1.807, 2.05) is 0 Å². The van der Waals surface area contributed by atoms with Gasteiger partial charge in [0.1, 0.15) is 16.4 Å². The molecular formula is C14H22N2O5S. The van der Waals surface area contributed by atoms with Crippen molar-refractivity contribution in [2.75, 3.05) is 47.1 Å². The fourth-order valence-electron chi connectivity index (χ4n) is 2.19. The van der Waals surface area contributed by atoms with Crippen molar-refractivity contribution >= 4 is 10.0 Å². The zero-order valence-electron chi connectivity index (χ0n) is 12.8. The van der Waals surface area contributed by atoms with Crippen molar-refractivity contribution in [3.05, 3.63) is 18.2 Å². The highest BCUT2D eigenvalue weighted by molar-refractivity contribution is 7.89. The smallest absolute Gasteiger partial charge is 0.244 e. The number of sulfonamides is 1. The molecule has 8 heteroatoms. The molecule has 0 radical (unpaired) electrons. The second-order valence-corrected chi connectivity index (χ2v) is 6.75. The average Bonchev–Trinajstić information content (AvgIpc) is 2.81. The summed E-state index contributed by atoms with van der Waals surface area (Å²) in [7, 11) is -0.765. The van der Waals surface area contributed by atoms with Crippen molar-refractivity contribution in [3.63, 3.8) is 0 Å². The summed E-state index contributed by atoms with van der Waals surface area (Å²) in [6.45, 7) is 2.98. The molecule has 22 heavy (non-hydrogen) atoms. The number of nitrogens with one attached hydrogen (secondary N) is 2. The Kier molecular flexibility index (Phi) is 6.01. The van der Waals surface area contributed by atoms with Crippen LogP contribution in [0.1, 0.15) is 0 Å². The van der Waals surface area contributed by atoms with Gasteiger partial charge in [0, 0.05) is 31.6 Å². The molecule has 0 aromatic heterocycles. The average molecular weight is 330 g/mol. The quantitative estimate of drug-likeness (QED) is 0.776. The Labute approximate surface area is 131 Å². The summed E-state index contributed by atoms with van der Waals surface area (Å²) in [5.74, 6) is 0.832. The first-order chi connectivity index (χ1) is 10.6. The lowest BCUT2D eigenvalue weighted by Gasteiger charge is -2.16. The molecule has 1 aliphatic heterocycles. The Hall–Kier alpha value is -1.35. The number of hydrogen-bond acceptors (Lipinski definition) is 6. The Morgan fingerprint density at radius 1 is 1.36 bits per heavy atom. The molecule has 1 aliphatic rings. The van der Waals surface area contributed by atoms with E-state index in [2.05, 4.69) is 10.0 Å². The Morgan fingerprint density at radius 2 is 2.18 bits per heavy atom. The summed E-state index contributed by atoms with van der Waals surface area (Å²) in [4.78, 5) is 0.0665. The molecular weight excluding hydrogens is 308 g/mol. The van der Waals surface area contributed by atoms with Crippen LogP contribution < -0.4 is 19.5 Å². The largest absolute Gasteiger partial charge is 0.497 e. The van der Waals surface area contributed by atoms with Crippen LogP contribution in [-0.4, -0.2) is 55.5 Å². The fourth-order valence-corrected chi connectivity index (χ4v) is 3.49. The summed E-state index contributed by atoms with van der Waals surface area (Å²) in [5.41, 5.74) is 0. The van der Waals surface area contributed by atoms with E-state index < -0.39 is 10.0 Å². The van der Waals surface area contributed by atoms with Crippen LogP contribution >= 0.6 is 0 Å². The fraction of sp³-hybridized carbons (Fsp3) is 0.571. The molecule has 0 spiro atoms. The van der Waals surface area contributed by atoms with Crippen molar-refractivity contribution in [2.45, 2.75) is 4.90 Å². The summed E-state index contributed by atoms with van der Waals surface area (Å²) >= 11 is 0. The van der Waals surface area contributed by atoms with E-state index in [-0.39, 0.29) is 16.6 Å². The van der Waals surface area contributed by atoms with Crippen LogP contribution in [0.4, 0.5) is 0 Å². The number of rotatable bonds is 6. The van der Waals surface area contributed by atoms with Crippen LogP contribution in [0.15, 0.2) is 23.1 Å². The third-order valence-electron chi connectivity index (χ3n) is 3.43. The van der Waals surface area contributed by atoms with Gasteiger partial charge in [-0.05, 0) is 12.1 Å². The number of methoxy groups -OCH3 is 2. The van der Waals surface area contributed by atoms with Gasteiger partial charge in [-0.1, -0.05) is 0 Å². The standard InChI is InChI=1S/C14H22N2O5S/c1-19-12-3-4-13(20-2)14(7-12)22(17,18)16-9-11-8-15-5-6-21-10-11/h3-4,7,11,15-16H,5-6,8-10H2,1-2H3/t11-/m1/s1. The van der Waals surface area contributed by atoms with Gasteiger partial charge in [0.25, 0.3) is 0 Å². The topological polar surface area (TPSA) is 85.9 Å². The number of benzene rings is 1. The van der Waals surface area contributed by atoms with Gasteiger partial charge in [-0.2, -0.15) is 0 Å². The van der Waals surface area contributed by atoms with E-state index >= 15 is 0 Å². The Bertz CT molecular complexity index is 583. The maximum absolute atomic E-state index is 12.5. The normalized spacial score (nSPS) is 19.5. The van der Waals surface area contributed by atoms with Crippen molar-refractivity contribution in [3.8, 4) is 11.5 Å². The van der Waals surface area contributed by atoms with Gasteiger partial charge < -0.3 is 19.5 Å². The Balaban J connectivity index is 2.12. The summed E-state index contributed by atoms with van der Waals surface area (Å²) in [5, 5.41) is 3.21. The molecule has 1 atom stereocenters. The highest BCUT2D eigenvalue weighted by Crippen LogP contribution is 2.28. The summed E-state index contributed by atoms with van der Waals surface area (Å²) in [6, 6.07) is 4.67. The van der Waals surface area contributed by atoms with Crippen LogP contribution in [0.25, 0.3) is 0 Å². The zero-order valence-corrected chi connectivity index (χ0v) is 13.6. The van der Waals surface area contributed by atoms with E-state index in [4.69, 9.17) is 14.2 Å². The molecule has 0 bridgehead atoms. The van der Waals surface area contributed by atoms with Crippen LogP contribution in [0.2, 0.25) is 0 Å². The van der Waals surface area contributed by atoms with E-state index in [9.17, 15) is 8.42 Å². The maximum Gasteiger partial charge on any atom is 0.244 e. The second-order valence-electron chi connectivity index (χ2n) is 5.01. The van der Waals surface area contributed by atoms with E-state index in [1.54, 1.807) is 12.1 Å².